The molecule has 0 fully saturated rings. The van der Waals surface area contributed by atoms with Gasteiger partial charge in [-0.3, -0.25) is 0 Å². The molecule has 0 bridgehead atoms. The number of ether oxygens (including phenoxy) is 1. The van der Waals surface area contributed by atoms with E-state index in [0.29, 0.717) is 22.7 Å². The van der Waals surface area contributed by atoms with Gasteiger partial charge in [-0.05, 0) is 60.5 Å². The lowest BCUT2D eigenvalue weighted by molar-refractivity contribution is 0.312. The number of benzene rings is 3. The van der Waals surface area contributed by atoms with E-state index >= 15 is 0 Å². The number of anilines is 3. The molecule has 0 spiro atoms. The van der Waals surface area contributed by atoms with Gasteiger partial charge >= 0.3 is 0 Å². The summed E-state index contributed by atoms with van der Waals surface area (Å²) in [7, 11) is 3.80. The van der Waals surface area contributed by atoms with E-state index in [0.717, 1.165) is 46.5 Å². The first-order valence-corrected chi connectivity index (χ1v) is 11.2. The van der Waals surface area contributed by atoms with Crippen LogP contribution in [0, 0.1) is 0 Å². The third-order valence-corrected chi connectivity index (χ3v) is 6.47. The van der Waals surface area contributed by atoms with E-state index in [4.69, 9.17) is 15.5 Å². The Kier molecular flexibility index (Phi) is 5.40. The molecule has 3 N–H and O–H groups in total. The summed E-state index contributed by atoms with van der Waals surface area (Å²) in [6.07, 6.45) is 1.01. The largest absolute Gasteiger partial charge is 0.495 e. The van der Waals surface area contributed by atoms with Gasteiger partial charge in [0.1, 0.15) is 16.8 Å². The van der Waals surface area contributed by atoms with Crippen LogP contribution in [0.2, 0.25) is 0 Å². The minimum absolute atomic E-state index is 0.388. The molecule has 3 aromatic carbocycles. The number of methoxy groups -OCH3 is 1. The van der Waals surface area contributed by atoms with Crippen molar-refractivity contribution < 1.29 is 4.74 Å². The van der Waals surface area contributed by atoms with Crippen molar-refractivity contribution in [3.63, 3.8) is 0 Å². The molecule has 0 aliphatic carbocycles. The Labute approximate surface area is 194 Å². The fourth-order valence-corrected chi connectivity index (χ4v) is 4.60. The van der Waals surface area contributed by atoms with Crippen molar-refractivity contribution in [2.75, 3.05) is 31.8 Å². The van der Waals surface area contributed by atoms with Crippen LogP contribution < -0.4 is 15.8 Å². The highest BCUT2D eigenvalue weighted by atomic mass is 79.9. The molecule has 1 aliphatic rings. The van der Waals surface area contributed by atoms with Gasteiger partial charge in [0.05, 0.1) is 18.5 Å². The number of aromatic nitrogens is 3. The number of halogens is 1. The van der Waals surface area contributed by atoms with Gasteiger partial charge in [0.15, 0.2) is 0 Å². The normalized spacial score (nSPS) is 13.7. The Morgan fingerprint density at radius 2 is 1.88 bits per heavy atom. The second-order valence-corrected chi connectivity index (χ2v) is 8.80. The van der Waals surface area contributed by atoms with Crippen molar-refractivity contribution in [1.29, 1.82) is 0 Å². The molecule has 2 heterocycles. The first kappa shape index (κ1) is 20.7. The lowest BCUT2D eigenvalue weighted by Gasteiger charge is -2.26. The summed E-state index contributed by atoms with van der Waals surface area (Å²) >= 11 is 3.64. The number of hydrogen-bond acceptors (Lipinski definition) is 7. The Morgan fingerprint density at radius 1 is 1.03 bits per heavy atom. The van der Waals surface area contributed by atoms with Crippen LogP contribution in [-0.2, 0) is 13.0 Å². The zero-order chi connectivity index (χ0) is 22.2. The summed E-state index contributed by atoms with van der Waals surface area (Å²) in [5.41, 5.74) is 13.3. The maximum absolute atomic E-state index is 6.18. The van der Waals surface area contributed by atoms with E-state index < -0.39 is 0 Å². The van der Waals surface area contributed by atoms with Gasteiger partial charge in [0.2, 0.25) is 5.95 Å². The molecule has 7 nitrogen and oxygen atoms in total. The Morgan fingerprint density at radius 3 is 2.69 bits per heavy atom. The lowest BCUT2D eigenvalue weighted by Crippen LogP contribution is -2.26. The van der Waals surface area contributed by atoms with Crippen molar-refractivity contribution in [2.24, 2.45) is 0 Å². The maximum atomic E-state index is 6.18. The molecule has 1 aliphatic heterocycles. The molecule has 0 saturated carbocycles. The fraction of sp³-hybridized carbons (Fsp3) is 0.208. The highest BCUT2D eigenvalue weighted by molar-refractivity contribution is 9.10. The Bertz CT molecular complexity index is 1330. The van der Waals surface area contributed by atoms with E-state index in [1.807, 2.05) is 36.4 Å². The van der Waals surface area contributed by atoms with Crippen molar-refractivity contribution in [2.45, 2.75) is 13.0 Å². The minimum atomic E-state index is 0.388. The summed E-state index contributed by atoms with van der Waals surface area (Å²) in [6, 6.07) is 16.0. The smallest absolute Gasteiger partial charge is 0.247 e. The summed E-state index contributed by atoms with van der Waals surface area (Å²) in [5.74, 6) is 1.15. The number of nitrogens with one attached hydrogen (secondary N) is 1. The number of fused-ring (bicyclic) bond motifs is 2. The van der Waals surface area contributed by atoms with E-state index in [-0.39, 0.29) is 0 Å². The Hall–Kier alpha value is -3.23. The van der Waals surface area contributed by atoms with Crippen LogP contribution in [0.4, 0.5) is 17.3 Å². The summed E-state index contributed by atoms with van der Waals surface area (Å²) < 4.78 is 6.62. The van der Waals surface area contributed by atoms with Crippen LogP contribution in [0.1, 0.15) is 11.1 Å². The second-order valence-electron chi connectivity index (χ2n) is 7.95. The van der Waals surface area contributed by atoms with Gasteiger partial charge in [-0.15, -0.1) is 10.2 Å². The quantitative estimate of drug-likeness (QED) is 0.398. The summed E-state index contributed by atoms with van der Waals surface area (Å²) in [4.78, 5) is 7.10. The zero-order valence-electron chi connectivity index (χ0n) is 17.9. The molecule has 0 radical (unpaired) electrons. The standard InChI is InChI=1S/C24H23BrN6O/c1-31-10-9-14-12-21(32-2)20(11-15(14)13-31)27-24-28-22-17(16-5-3-4-6-18(16)25)7-8-19(26)23(22)29-30-24/h3-8,11-12H,9-10,13,26H2,1-2H3,(H,27,28,30). The molecule has 5 rings (SSSR count). The number of rotatable bonds is 4. The number of nitrogens with two attached hydrogens (primary N) is 1. The van der Waals surface area contributed by atoms with Gasteiger partial charge < -0.3 is 20.7 Å². The van der Waals surface area contributed by atoms with Crippen molar-refractivity contribution >= 4 is 44.3 Å². The average Bonchev–Trinajstić information content (AvgIpc) is 2.79. The molecular weight excluding hydrogens is 468 g/mol. The maximum Gasteiger partial charge on any atom is 0.247 e. The molecule has 0 unspecified atom stereocenters. The lowest BCUT2D eigenvalue weighted by atomic mass is 9.99. The van der Waals surface area contributed by atoms with Crippen LogP contribution in [0.5, 0.6) is 5.75 Å². The zero-order valence-corrected chi connectivity index (χ0v) is 19.5. The Balaban J connectivity index is 1.60. The van der Waals surface area contributed by atoms with E-state index in [2.05, 4.69) is 55.5 Å². The third kappa shape index (κ3) is 3.76. The van der Waals surface area contributed by atoms with E-state index in [9.17, 15) is 0 Å². The van der Waals surface area contributed by atoms with E-state index in [1.165, 1.54) is 11.1 Å². The SMILES string of the molecule is COc1cc2c(cc1Nc1nnc3c(N)ccc(-c4ccccc4Br)c3n1)CN(C)CC2. The fourth-order valence-electron chi connectivity index (χ4n) is 4.10. The van der Waals surface area contributed by atoms with Crippen LogP contribution in [-0.4, -0.2) is 40.8 Å². The van der Waals surface area contributed by atoms with Gasteiger partial charge in [0, 0.05) is 23.1 Å². The molecule has 0 saturated heterocycles. The number of nitrogen functional groups attached to an aromatic ring is 1. The average molecular weight is 491 g/mol. The minimum Gasteiger partial charge on any atom is -0.495 e. The predicted molar refractivity (Wildman–Crippen MR) is 131 cm³/mol. The predicted octanol–water partition coefficient (Wildman–Crippen LogP) is 4.78. The van der Waals surface area contributed by atoms with Gasteiger partial charge in [-0.2, -0.15) is 0 Å². The monoisotopic (exact) mass is 490 g/mol. The molecule has 32 heavy (non-hydrogen) atoms. The molecule has 162 valence electrons. The molecule has 1 aromatic heterocycles. The van der Waals surface area contributed by atoms with Crippen molar-refractivity contribution in [3.8, 4) is 16.9 Å². The van der Waals surface area contributed by atoms with Crippen molar-refractivity contribution in [3.05, 3.63) is 64.1 Å². The van der Waals surface area contributed by atoms with Crippen LogP contribution in [0.25, 0.3) is 22.2 Å². The molecule has 0 atom stereocenters. The van der Waals surface area contributed by atoms with Crippen LogP contribution in [0.15, 0.2) is 53.0 Å². The highest BCUT2D eigenvalue weighted by Gasteiger charge is 2.18. The summed E-state index contributed by atoms with van der Waals surface area (Å²) in [5, 5.41) is 12.0. The number of hydrogen-bond donors (Lipinski definition) is 2. The molecule has 4 aromatic rings. The molecule has 0 amide bonds. The second kappa shape index (κ2) is 8.37. The first-order chi connectivity index (χ1) is 15.5. The number of nitrogens with zero attached hydrogens (tertiary/aromatic N) is 4. The topological polar surface area (TPSA) is 89.2 Å². The van der Waals surface area contributed by atoms with Gasteiger partial charge in [-0.25, -0.2) is 4.98 Å². The third-order valence-electron chi connectivity index (χ3n) is 5.78. The number of likely N-dealkylation sites (N-methyl/N-ethyl adjacent to an activating group) is 1. The first-order valence-electron chi connectivity index (χ1n) is 10.4. The highest BCUT2D eigenvalue weighted by Crippen LogP contribution is 2.36. The van der Waals surface area contributed by atoms with Crippen LogP contribution >= 0.6 is 15.9 Å². The van der Waals surface area contributed by atoms with Gasteiger partial charge in [-0.1, -0.05) is 34.1 Å². The summed E-state index contributed by atoms with van der Waals surface area (Å²) in [6.45, 7) is 1.94. The van der Waals surface area contributed by atoms with E-state index in [1.54, 1.807) is 7.11 Å². The molecule has 8 heteroatoms. The van der Waals surface area contributed by atoms with Crippen LogP contribution in [0.3, 0.4) is 0 Å². The molecular formula is C24H23BrN6O. The van der Waals surface area contributed by atoms with Gasteiger partial charge in [0.25, 0.3) is 0 Å². The van der Waals surface area contributed by atoms with Crippen molar-refractivity contribution in [1.82, 2.24) is 20.1 Å².